The molecule has 1 aliphatic heterocycles. The molecule has 4 heteroatoms. The molecule has 0 aromatic carbocycles. The molecule has 0 bridgehead atoms. The fourth-order valence-electron chi connectivity index (χ4n) is 2.45. The predicted molar refractivity (Wildman–Crippen MR) is 94.3 cm³/mol. The van der Waals surface area contributed by atoms with E-state index in [-0.39, 0.29) is 12.0 Å². The van der Waals surface area contributed by atoms with Crippen LogP contribution in [0.15, 0.2) is 36.0 Å². The lowest BCUT2D eigenvalue weighted by Crippen LogP contribution is -2.39. The van der Waals surface area contributed by atoms with Crippen molar-refractivity contribution in [3.8, 4) is 0 Å². The average molecular weight is 321 g/mol. The summed E-state index contributed by atoms with van der Waals surface area (Å²) in [6, 6.07) is -0.340. The van der Waals surface area contributed by atoms with Gasteiger partial charge in [-0.05, 0) is 52.5 Å². The summed E-state index contributed by atoms with van der Waals surface area (Å²) in [5.74, 6) is 0.220. The summed E-state index contributed by atoms with van der Waals surface area (Å²) in [6.45, 7) is 9.07. The van der Waals surface area contributed by atoms with Crippen LogP contribution in [-0.4, -0.2) is 38.9 Å². The van der Waals surface area contributed by atoms with Gasteiger partial charge in [-0.15, -0.1) is 6.58 Å². The van der Waals surface area contributed by atoms with Gasteiger partial charge in [0, 0.05) is 6.61 Å². The Morgan fingerprint density at radius 1 is 1.35 bits per heavy atom. The molecule has 0 spiro atoms. The normalized spacial score (nSPS) is 25.0. The van der Waals surface area contributed by atoms with Gasteiger partial charge in [-0.1, -0.05) is 29.4 Å². The second-order valence-corrected chi connectivity index (χ2v) is 6.37. The smallest absolute Gasteiger partial charge is 0.325 e. The quantitative estimate of drug-likeness (QED) is 0.639. The minimum atomic E-state index is -0.340. The molecule has 0 aromatic heterocycles. The number of allylic oxidation sites excluding steroid dienone is 5. The molecule has 0 amide bonds. The molecule has 23 heavy (non-hydrogen) atoms. The van der Waals surface area contributed by atoms with Crippen molar-refractivity contribution in [1.82, 2.24) is 5.32 Å². The van der Waals surface area contributed by atoms with E-state index in [4.69, 9.17) is 9.47 Å². The topological polar surface area (TPSA) is 47.6 Å². The molecule has 130 valence electrons. The van der Waals surface area contributed by atoms with Gasteiger partial charge in [-0.25, -0.2) is 0 Å². The van der Waals surface area contributed by atoms with Crippen LogP contribution in [0, 0.1) is 5.92 Å². The third-order valence-electron chi connectivity index (χ3n) is 3.64. The summed E-state index contributed by atoms with van der Waals surface area (Å²) >= 11 is 0. The lowest BCUT2D eigenvalue weighted by atomic mass is 9.94. The molecule has 1 fully saturated rings. The van der Waals surface area contributed by atoms with Gasteiger partial charge in [-0.2, -0.15) is 0 Å². The number of carbonyl (C=O) groups excluding carboxylic acids is 1. The molecule has 1 unspecified atom stereocenters. The molecule has 0 radical (unpaired) electrons. The van der Waals surface area contributed by atoms with Crippen LogP contribution >= 0.6 is 0 Å². The van der Waals surface area contributed by atoms with Crippen LogP contribution in [0.25, 0.3) is 0 Å². The lowest BCUT2D eigenvalue weighted by molar-refractivity contribution is -0.146. The minimum Gasteiger partial charge on any atom is -0.464 e. The Bertz CT molecular complexity index is 436. The van der Waals surface area contributed by atoms with Crippen molar-refractivity contribution < 1.29 is 14.3 Å². The highest BCUT2D eigenvalue weighted by atomic mass is 16.5. The van der Waals surface area contributed by atoms with Gasteiger partial charge in [-0.3, -0.25) is 4.79 Å². The summed E-state index contributed by atoms with van der Waals surface area (Å²) in [7, 11) is 1.75. The molecule has 2 aliphatic rings. The van der Waals surface area contributed by atoms with E-state index < -0.39 is 0 Å². The highest BCUT2D eigenvalue weighted by Gasteiger charge is 2.22. The maximum atomic E-state index is 11.7. The van der Waals surface area contributed by atoms with Crippen molar-refractivity contribution in [2.75, 3.05) is 26.9 Å². The van der Waals surface area contributed by atoms with Crippen molar-refractivity contribution in [3.05, 3.63) is 36.0 Å². The zero-order valence-corrected chi connectivity index (χ0v) is 14.8. The number of likely N-dealkylation sites (N-methyl/N-ethyl adjacent to an activating group) is 1. The van der Waals surface area contributed by atoms with E-state index in [1.807, 2.05) is 13.8 Å². The fraction of sp³-hybridized carbons (Fsp3) is 0.632. The zero-order chi connectivity index (χ0) is 17.1. The van der Waals surface area contributed by atoms with E-state index >= 15 is 0 Å². The lowest BCUT2D eigenvalue weighted by Gasteiger charge is -2.17. The molecule has 1 saturated heterocycles. The Labute approximate surface area is 140 Å². The van der Waals surface area contributed by atoms with Crippen LogP contribution in [0.2, 0.25) is 0 Å². The zero-order valence-electron chi connectivity index (χ0n) is 14.8. The summed E-state index contributed by atoms with van der Waals surface area (Å²) in [6.07, 6.45) is 10.9. The van der Waals surface area contributed by atoms with Crippen molar-refractivity contribution in [2.45, 2.75) is 45.6 Å². The van der Waals surface area contributed by atoms with Crippen molar-refractivity contribution in [3.63, 3.8) is 0 Å². The average Bonchev–Trinajstić information content (AvgIpc) is 2.59. The van der Waals surface area contributed by atoms with E-state index in [1.54, 1.807) is 7.05 Å². The Morgan fingerprint density at radius 2 is 2.09 bits per heavy atom. The number of ether oxygens (including phenoxy) is 2. The maximum absolute atomic E-state index is 11.7. The third kappa shape index (κ3) is 8.72. The molecule has 2 rings (SSSR count). The van der Waals surface area contributed by atoms with Crippen LogP contribution in [0.1, 0.15) is 39.5 Å². The minimum absolute atomic E-state index is 0.208. The number of carbonyl (C=O) groups is 1. The third-order valence-corrected chi connectivity index (χ3v) is 3.64. The number of hydrogen-bond donors (Lipinski definition) is 1. The molecule has 1 aliphatic carbocycles. The summed E-state index contributed by atoms with van der Waals surface area (Å²) in [5.41, 5.74) is 2.55. The summed E-state index contributed by atoms with van der Waals surface area (Å²) < 4.78 is 10.9. The predicted octanol–water partition coefficient (Wildman–Crippen LogP) is 3.40. The van der Waals surface area contributed by atoms with Crippen molar-refractivity contribution >= 4 is 5.97 Å². The highest BCUT2D eigenvalue weighted by molar-refractivity contribution is 5.75. The SMILES string of the molecule is C=C(C)C.CN[C@H]1COCC(CC2=CCCC=C2)CCOC1=O. The fourth-order valence-corrected chi connectivity index (χ4v) is 2.45. The monoisotopic (exact) mass is 321 g/mol. The van der Waals surface area contributed by atoms with Crippen LogP contribution in [0.5, 0.6) is 0 Å². The first-order chi connectivity index (χ1) is 11.0. The molecule has 0 aromatic rings. The van der Waals surface area contributed by atoms with E-state index in [0.29, 0.717) is 25.7 Å². The Balaban J connectivity index is 0.000000593. The van der Waals surface area contributed by atoms with Crippen molar-refractivity contribution in [1.29, 1.82) is 0 Å². The van der Waals surface area contributed by atoms with Crippen molar-refractivity contribution in [2.24, 2.45) is 5.92 Å². The highest BCUT2D eigenvalue weighted by Crippen LogP contribution is 2.21. The number of rotatable bonds is 3. The first kappa shape index (κ1) is 19.7. The van der Waals surface area contributed by atoms with Gasteiger partial charge in [0.05, 0.1) is 13.2 Å². The van der Waals surface area contributed by atoms with E-state index in [1.165, 1.54) is 11.1 Å². The largest absolute Gasteiger partial charge is 0.464 e. The molecule has 1 N–H and O–H groups in total. The first-order valence-electron chi connectivity index (χ1n) is 8.42. The number of cyclic esters (lactones) is 1. The van der Waals surface area contributed by atoms with Gasteiger partial charge in [0.1, 0.15) is 6.04 Å². The molecule has 4 nitrogen and oxygen atoms in total. The van der Waals surface area contributed by atoms with E-state index in [2.05, 4.69) is 30.1 Å². The number of esters is 1. The molecular formula is C19H31NO3. The Morgan fingerprint density at radius 3 is 2.70 bits per heavy atom. The maximum Gasteiger partial charge on any atom is 0.325 e. The number of hydrogen-bond acceptors (Lipinski definition) is 4. The molecule has 2 atom stereocenters. The molecule has 1 heterocycles. The summed E-state index contributed by atoms with van der Waals surface area (Å²) in [5, 5.41) is 2.92. The molecule has 0 saturated carbocycles. The van der Waals surface area contributed by atoms with E-state index in [9.17, 15) is 4.79 Å². The van der Waals surface area contributed by atoms with Gasteiger partial charge in [0.2, 0.25) is 0 Å². The second-order valence-electron chi connectivity index (χ2n) is 6.37. The molecular weight excluding hydrogens is 290 g/mol. The number of nitrogens with one attached hydrogen (secondary N) is 1. The van der Waals surface area contributed by atoms with Crippen LogP contribution in [-0.2, 0) is 14.3 Å². The second kappa shape index (κ2) is 11.2. The van der Waals surface area contributed by atoms with Gasteiger partial charge >= 0.3 is 5.97 Å². The van der Waals surface area contributed by atoms with Gasteiger partial charge in [0.25, 0.3) is 0 Å². The van der Waals surface area contributed by atoms with Gasteiger partial charge < -0.3 is 14.8 Å². The van der Waals surface area contributed by atoms with Crippen LogP contribution in [0.4, 0.5) is 0 Å². The van der Waals surface area contributed by atoms with Gasteiger partial charge in [0.15, 0.2) is 0 Å². The Kier molecular flexibility index (Phi) is 9.57. The Hall–Kier alpha value is -1.39. The summed E-state index contributed by atoms with van der Waals surface area (Å²) in [4.78, 5) is 11.7. The van der Waals surface area contributed by atoms with E-state index in [0.717, 1.165) is 25.7 Å². The standard InChI is InChI=1S/C15H23NO3.C4H8/c1-16-14-11-18-10-13(7-8-19-15(14)17)9-12-5-3-2-4-6-12;1-4(2)3/h3,5-6,13-14,16H,2,4,7-11H2,1H3;1H2,2-3H3/t13?,14-;/m0./s1. The first-order valence-corrected chi connectivity index (χ1v) is 8.42. The van der Waals surface area contributed by atoms with Crippen LogP contribution < -0.4 is 5.32 Å². The van der Waals surface area contributed by atoms with Crippen LogP contribution in [0.3, 0.4) is 0 Å².